The van der Waals surface area contributed by atoms with E-state index >= 15 is 0 Å². The first-order valence-corrected chi connectivity index (χ1v) is 8.32. The molecule has 126 valence electrons. The Bertz CT molecular complexity index is 796. The van der Waals surface area contributed by atoms with Crippen molar-refractivity contribution in [3.8, 4) is 27.4 Å². The summed E-state index contributed by atoms with van der Waals surface area (Å²) in [5.74, 6) is 1.78. The monoisotopic (exact) mass is 346 g/mol. The van der Waals surface area contributed by atoms with Crippen molar-refractivity contribution in [2.24, 2.45) is 5.73 Å². The maximum absolute atomic E-state index is 5.77. The Labute approximate surface area is 143 Å². The molecular formula is C16H18N4O3S. The van der Waals surface area contributed by atoms with Crippen molar-refractivity contribution in [3.63, 3.8) is 0 Å². The summed E-state index contributed by atoms with van der Waals surface area (Å²) < 4.78 is 16.4. The molecule has 0 aliphatic carbocycles. The van der Waals surface area contributed by atoms with Crippen LogP contribution in [0.25, 0.3) is 10.6 Å². The Hall–Kier alpha value is -2.45. The summed E-state index contributed by atoms with van der Waals surface area (Å²) in [5, 5.41) is 4.49. The fourth-order valence-electron chi connectivity index (χ4n) is 1.88. The third kappa shape index (κ3) is 3.90. The molecule has 0 aliphatic rings. The van der Waals surface area contributed by atoms with Crippen molar-refractivity contribution in [1.82, 2.24) is 15.1 Å². The van der Waals surface area contributed by atoms with Gasteiger partial charge in [-0.3, -0.25) is 0 Å². The highest BCUT2D eigenvalue weighted by Crippen LogP contribution is 2.33. The highest BCUT2D eigenvalue weighted by molar-refractivity contribution is 7.16. The maximum Gasteiger partial charge on any atom is 0.279 e. The van der Waals surface area contributed by atoms with E-state index in [0.29, 0.717) is 28.3 Å². The van der Waals surface area contributed by atoms with Gasteiger partial charge in [-0.2, -0.15) is 0 Å². The standard InChI is InChI=1S/C16H18N4O3S/c1-9(2)21-15-5-4-11(7-18-15)22-16-19-8-14(24-16)12-6-13(10(3)17)23-20-12/h4-10H,17H2,1-3H3. The van der Waals surface area contributed by atoms with Gasteiger partial charge in [-0.15, -0.1) is 0 Å². The van der Waals surface area contributed by atoms with Crippen LogP contribution in [0.3, 0.4) is 0 Å². The van der Waals surface area contributed by atoms with Crippen molar-refractivity contribution in [1.29, 1.82) is 0 Å². The van der Waals surface area contributed by atoms with E-state index < -0.39 is 0 Å². The van der Waals surface area contributed by atoms with E-state index in [4.69, 9.17) is 19.7 Å². The summed E-state index contributed by atoms with van der Waals surface area (Å²) in [5.41, 5.74) is 6.46. The quantitative estimate of drug-likeness (QED) is 0.725. The first-order chi connectivity index (χ1) is 11.5. The van der Waals surface area contributed by atoms with E-state index in [0.717, 1.165) is 4.88 Å². The molecule has 0 aliphatic heterocycles. The average molecular weight is 346 g/mol. The van der Waals surface area contributed by atoms with Gasteiger partial charge in [0.15, 0.2) is 5.76 Å². The third-order valence-corrected chi connectivity index (χ3v) is 3.88. The van der Waals surface area contributed by atoms with Gasteiger partial charge in [-0.05, 0) is 26.8 Å². The van der Waals surface area contributed by atoms with Gasteiger partial charge >= 0.3 is 0 Å². The van der Waals surface area contributed by atoms with E-state index in [2.05, 4.69) is 15.1 Å². The molecule has 1 atom stereocenters. The molecule has 24 heavy (non-hydrogen) atoms. The molecule has 3 aromatic heterocycles. The Morgan fingerprint density at radius 1 is 1.17 bits per heavy atom. The van der Waals surface area contributed by atoms with Crippen LogP contribution in [0.15, 0.2) is 35.1 Å². The number of hydrogen-bond donors (Lipinski definition) is 1. The lowest BCUT2D eigenvalue weighted by Crippen LogP contribution is -2.06. The van der Waals surface area contributed by atoms with Crippen LogP contribution >= 0.6 is 11.3 Å². The minimum Gasteiger partial charge on any atom is -0.475 e. The van der Waals surface area contributed by atoms with Crippen LogP contribution in [0.1, 0.15) is 32.6 Å². The fraction of sp³-hybridized carbons (Fsp3) is 0.312. The summed E-state index contributed by atoms with van der Waals surface area (Å²) in [4.78, 5) is 9.27. The number of ether oxygens (including phenoxy) is 2. The van der Waals surface area contributed by atoms with Crippen molar-refractivity contribution in [2.45, 2.75) is 32.9 Å². The Kier molecular flexibility index (Phi) is 4.77. The molecule has 0 amide bonds. The number of rotatable bonds is 6. The van der Waals surface area contributed by atoms with Gasteiger partial charge in [-0.25, -0.2) is 9.97 Å². The van der Waals surface area contributed by atoms with Crippen LogP contribution in [0.4, 0.5) is 0 Å². The van der Waals surface area contributed by atoms with Gasteiger partial charge < -0.3 is 19.7 Å². The van der Waals surface area contributed by atoms with Gasteiger partial charge in [0.25, 0.3) is 5.19 Å². The van der Waals surface area contributed by atoms with Crippen molar-refractivity contribution in [3.05, 3.63) is 36.4 Å². The highest BCUT2D eigenvalue weighted by atomic mass is 32.1. The molecule has 7 nitrogen and oxygen atoms in total. The fourth-order valence-corrected chi connectivity index (χ4v) is 2.62. The van der Waals surface area contributed by atoms with E-state index in [-0.39, 0.29) is 12.1 Å². The van der Waals surface area contributed by atoms with Crippen LogP contribution in [0.5, 0.6) is 16.8 Å². The molecule has 0 saturated heterocycles. The molecule has 8 heteroatoms. The highest BCUT2D eigenvalue weighted by Gasteiger charge is 2.13. The number of pyridine rings is 1. The first-order valence-electron chi connectivity index (χ1n) is 7.50. The zero-order chi connectivity index (χ0) is 17.1. The summed E-state index contributed by atoms with van der Waals surface area (Å²) in [6, 6.07) is 5.15. The largest absolute Gasteiger partial charge is 0.475 e. The summed E-state index contributed by atoms with van der Waals surface area (Å²) in [7, 11) is 0. The summed E-state index contributed by atoms with van der Waals surface area (Å²) in [6.45, 7) is 5.74. The minimum atomic E-state index is -0.201. The molecule has 3 heterocycles. The van der Waals surface area contributed by atoms with Crippen LogP contribution in [-0.2, 0) is 0 Å². The van der Waals surface area contributed by atoms with Gasteiger partial charge in [0.05, 0.1) is 29.4 Å². The zero-order valence-corrected chi connectivity index (χ0v) is 14.4. The predicted molar refractivity (Wildman–Crippen MR) is 90.3 cm³/mol. The van der Waals surface area contributed by atoms with Crippen LogP contribution in [0.2, 0.25) is 0 Å². The van der Waals surface area contributed by atoms with Crippen LogP contribution < -0.4 is 15.2 Å². The average Bonchev–Trinajstić information content (AvgIpc) is 3.17. The lowest BCUT2D eigenvalue weighted by atomic mass is 10.2. The second kappa shape index (κ2) is 6.98. The van der Waals surface area contributed by atoms with Gasteiger partial charge in [0, 0.05) is 12.1 Å². The molecule has 0 spiro atoms. The summed E-state index contributed by atoms with van der Waals surface area (Å²) in [6.07, 6.45) is 3.37. The molecule has 3 aromatic rings. The molecular weight excluding hydrogens is 328 g/mol. The lowest BCUT2D eigenvalue weighted by molar-refractivity contribution is 0.232. The van der Waals surface area contributed by atoms with E-state index in [1.807, 2.05) is 26.8 Å². The number of thiazole rings is 1. The summed E-state index contributed by atoms with van der Waals surface area (Å²) >= 11 is 1.37. The molecule has 0 fully saturated rings. The third-order valence-electron chi connectivity index (χ3n) is 2.98. The zero-order valence-electron chi connectivity index (χ0n) is 13.6. The van der Waals surface area contributed by atoms with E-state index in [1.54, 1.807) is 24.5 Å². The molecule has 0 bridgehead atoms. The molecule has 3 rings (SSSR count). The first kappa shape index (κ1) is 16.4. The Balaban J connectivity index is 1.69. The van der Waals surface area contributed by atoms with Gasteiger partial charge in [-0.1, -0.05) is 16.5 Å². The predicted octanol–water partition coefficient (Wildman–Crippen LogP) is 3.79. The molecule has 0 radical (unpaired) electrons. The number of nitrogens with zero attached hydrogens (tertiary/aromatic N) is 3. The maximum atomic E-state index is 5.77. The second-order valence-electron chi connectivity index (χ2n) is 5.49. The lowest BCUT2D eigenvalue weighted by Gasteiger charge is -2.08. The van der Waals surface area contributed by atoms with Crippen LogP contribution in [-0.4, -0.2) is 21.2 Å². The molecule has 2 N–H and O–H groups in total. The van der Waals surface area contributed by atoms with E-state index in [1.165, 1.54) is 11.3 Å². The molecule has 0 aromatic carbocycles. The number of aromatic nitrogens is 3. The Morgan fingerprint density at radius 2 is 2.00 bits per heavy atom. The normalized spacial score (nSPS) is 12.4. The topological polar surface area (TPSA) is 96.3 Å². The van der Waals surface area contributed by atoms with Crippen molar-refractivity contribution < 1.29 is 14.0 Å². The number of hydrogen-bond acceptors (Lipinski definition) is 8. The van der Waals surface area contributed by atoms with Crippen molar-refractivity contribution in [2.75, 3.05) is 0 Å². The van der Waals surface area contributed by atoms with Crippen molar-refractivity contribution >= 4 is 11.3 Å². The molecule has 1 unspecified atom stereocenters. The van der Waals surface area contributed by atoms with Gasteiger partial charge in [0.2, 0.25) is 5.88 Å². The second-order valence-corrected chi connectivity index (χ2v) is 6.49. The SMILES string of the molecule is CC(C)Oc1ccc(Oc2ncc(-c3cc(C(C)N)on3)s2)cn1. The Morgan fingerprint density at radius 3 is 2.62 bits per heavy atom. The smallest absolute Gasteiger partial charge is 0.279 e. The minimum absolute atomic E-state index is 0.0781. The van der Waals surface area contributed by atoms with Crippen LogP contribution in [0, 0.1) is 0 Å². The molecule has 0 saturated carbocycles. The van der Waals surface area contributed by atoms with Gasteiger partial charge in [0.1, 0.15) is 11.4 Å². The number of nitrogens with two attached hydrogens (primary N) is 1. The van der Waals surface area contributed by atoms with E-state index in [9.17, 15) is 0 Å².